The molecule has 2 aromatic rings. The molecule has 1 aromatic carbocycles. The molecule has 1 heterocycles. The Morgan fingerprint density at radius 3 is 2.47 bits per heavy atom. The molecule has 0 saturated carbocycles. The number of hydrogen-bond donors (Lipinski definition) is 3. The number of hydrogen-bond acceptors (Lipinski definition) is 5. The fourth-order valence-corrected chi connectivity index (χ4v) is 1.48. The molecule has 0 amide bonds. The third-order valence-electron chi connectivity index (χ3n) is 2.18. The molecular weight excluding hydrogens is 219 g/mol. The van der Waals surface area contributed by atoms with E-state index in [4.69, 9.17) is 15.8 Å². The summed E-state index contributed by atoms with van der Waals surface area (Å²) in [4.78, 5) is 4.13. The van der Waals surface area contributed by atoms with E-state index in [1.54, 1.807) is 0 Å². The van der Waals surface area contributed by atoms with Crippen LogP contribution in [0, 0.1) is 0 Å². The van der Waals surface area contributed by atoms with Crippen LogP contribution in [-0.4, -0.2) is 22.4 Å². The van der Waals surface area contributed by atoms with Gasteiger partial charge in [0.25, 0.3) is 0 Å². The molecule has 0 radical (unpaired) electrons. The van der Waals surface area contributed by atoms with E-state index in [-0.39, 0.29) is 5.75 Å². The van der Waals surface area contributed by atoms with Crippen LogP contribution in [0.5, 0.6) is 5.75 Å². The number of nitrogens with two attached hydrogens (primary N) is 1. The summed E-state index contributed by atoms with van der Waals surface area (Å²) in [6.45, 7) is 0. The predicted molar refractivity (Wildman–Crippen MR) is 64.9 cm³/mol. The van der Waals surface area contributed by atoms with Crippen molar-refractivity contribution >= 4 is 13.0 Å². The van der Waals surface area contributed by atoms with Crippen molar-refractivity contribution in [2.75, 3.05) is 5.73 Å². The lowest BCUT2D eigenvalue weighted by atomic mass is 10.1. The number of nitrogen functional groups attached to an aromatic ring is 1. The maximum atomic E-state index is 8.65. The number of benzene rings is 1. The largest absolute Gasteiger partial charge is 0.707 e. The normalized spacial score (nSPS) is 10.0. The number of nitrogens with zero attached hydrogens (tertiary/aromatic N) is 1. The fourth-order valence-electron chi connectivity index (χ4n) is 1.48. The summed E-state index contributed by atoms with van der Waals surface area (Å²) in [6, 6.07) is 10.9. The average molecular weight is 230 g/mol. The van der Waals surface area contributed by atoms with Gasteiger partial charge >= 0.3 is 7.32 Å². The molecule has 6 heteroatoms. The molecule has 0 aliphatic heterocycles. The number of rotatable bonds is 3. The van der Waals surface area contributed by atoms with Gasteiger partial charge in [-0.25, -0.2) is 0 Å². The van der Waals surface area contributed by atoms with Gasteiger partial charge in [-0.3, -0.25) is 4.98 Å². The van der Waals surface area contributed by atoms with Crippen molar-refractivity contribution in [1.82, 2.24) is 4.98 Å². The Hall–Kier alpha value is -2.05. The molecule has 0 aliphatic carbocycles. The molecule has 0 unspecified atom stereocenters. The van der Waals surface area contributed by atoms with Crippen LogP contribution in [0.3, 0.4) is 0 Å². The number of pyridine rings is 1. The van der Waals surface area contributed by atoms with E-state index in [2.05, 4.69) is 9.64 Å². The zero-order valence-electron chi connectivity index (χ0n) is 8.95. The molecule has 1 aromatic heterocycles. The van der Waals surface area contributed by atoms with Crippen LogP contribution >= 0.6 is 0 Å². The van der Waals surface area contributed by atoms with Crippen LogP contribution in [0.1, 0.15) is 0 Å². The van der Waals surface area contributed by atoms with Gasteiger partial charge in [0.2, 0.25) is 0 Å². The van der Waals surface area contributed by atoms with Crippen LogP contribution in [0.25, 0.3) is 11.3 Å². The fraction of sp³-hybridized carbons (Fsp3) is 0. The molecule has 0 spiro atoms. The molecule has 0 fully saturated rings. The smallest absolute Gasteiger partial charge is 0.511 e. The summed E-state index contributed by atoms with van der Waals surface area (Å²) in [7, 11) is -1.88. The summed E-state index contributed by atoms with van der Waals surface area (Å²) in [5, 5.41) is 17.3. The lowest BCUT2D eigenvalue weighted by Gasteiger charge is -2.08. The molecule has 5 nitrogen and oxygen atoms in total. The third kappa shape index (κ3) is 2.75. The Labute approximate surface area is 98.7 Å². The van der Waals surface area contributed by atoms with Crippen molar-refractivity contribution in [1.29, 1.82) is 0 Å². The summed E-state index contributed by atoms with van der Waals surface area (Å²) >= 11 is 0. The van der Waals surface area contributed by atoms with Crippen LogP contribution in [0.2, 0.25) is 0 Å². The molecule has 4 N–H and O–H groups in total. The van der Waals surface area contributed by atoms with E-state index >= 15 is 0 Å². The van der Waals surface area contributed by atoms with Gasteiger partial charge in [-0.1, -0.05) is 30.3 Å². The van der Waals surface area contributed by atoms with Gasteiger partial charge in [0.1, 0.15) is 5.75 Å². The van der Waals surface area contributed by atoms with Gasteiger partial charge in [0.05, 0.1) is 17.6 Å². The predicted octanol–water partition coefficient (Wildman–Crippen LogP) is 0.679. The van der Waals surface area contributed by atoms with Gasteiger partial charge in [-0.15, -0.1) is 0 Å². The van der Waals surface area contributed by atoms with Crippen molar-refractivity contribution < 1.29 is 14.7 Å². The highest BCUT2D eigenvalue weighted by Gasteiger charge is 2.13. The molecule has 2 rings (SSSR count). The number of aromatic nitrogens is 1. The minimum Gasteiger partial charge on any atom is -0.511 e. The van der Waals surface area contributed by atoms with Gasteiger partial charge in [0.15, 0.2) is 0 Å². The first kappa shape index (κ1) is 11.4. The quantitative estimate of drug-likeness (QED) is 0.674. The highest BCUT2D eigenvalue weighted by Crippen LogP contribution is 2.26. The zero-order chi connectivity index (χ0) is 12.3. The lowest BCUT2D eigenvalue weighted by molar-refractivity contribution is 0.288. The molecule has 0 bridgehead atoms. The molecule has 17 heavy (non-hydrogen) atoms. The summed E-state index contributed by atoms with van der Waals surface area (Å²) in [6.07, 6.45) is 1.39. The van der Waals surface area contributed by atoms with E-state index in [1.165, 1.54) is 12.3 Å². The maximum Gasteiger partial charge on any atom is 0.707 e. The second-order valence-corrected chi connectivity index (χ2v) is 3.42. The molecular formula is C11H11BN2O3. The molecule has 86 valence electrons. The molecule has 0 aliphatic rings. The van der Waals surface area contributed by atoms with Gasteiger partial charge < -0.3 is 20.4 Å². The Kier molecular flexibility index (Phi) is 3.27. The van der Waals surface area contributed by atoms with Crippen LogP contribution < -0.4 is 10.4 Å². The van der Waals surface area contributed by atoms with Gasteiger partial charge in [-0.2, -0.15) is 0 Å². The van der Waals surface area contributed by atoms with Crippen molar-refractivity contribution in [2.45, 2.75) is 0 Å². The topological polar surface area (TPSA) is 88.6 Å². The minimum absolute atomic E-state index is 0.206. The first-order valence-electron chi connectivity index (χ1n) is 5.00. The standard InChI is InChI=1S/C11H11BN2O3/c13-10-6-9(17-12(15)16)7-14-11(10)8-4-2-1-3-5-8/h1-7,15-16H,13H2. The van der Waals surface area contributed by atoms with Crippen molar-refractivity contribution in [3.63, 3.8) is 0 Å². The second kappa shape index (κ2) is 4.86. The zero-order valence-corrected chi connectivity index (χ0v) is 8.95. The van der Waals surface area contributed by atoms with E-state index in [1.807, 2.05) is 30.3 Å². The Bertz CT molecular complexity index is 505. The van der Waals surface area contributed by atoms with Crippen molar-refractivity contribution in [3.8, 4) is 17.0 Å². The summed E-state index contributed by atoms with van der Waals surface area (Å²) in [5.74, 6) is 0.206. The summed E-state index contributed by atoms with van der Waals surface area (Å²) in [5.41, 5.74) is 7.75. The Morgan fingerprint density at radius 1 is 1.18 bits per heavy atom. The van der Waals surface area contributed by atoms with Crippen LogP contribution in [0.4, 0.5) is 5.69 Å². The molecule has 0 saturated heterocycles. The van der Waals surface area contributed by atoms with E-state index in [9.17, 15) is 0 Å². The highest BCUT2D eigenvalue weighted by atomic mass is 16.6. The highest BCUT2D eigenvalue weighted by molar-refractivity contribution is 6.33. The van der Waals surface area contributed by atoms with Crippen LogP contribution in [-0.2, 0) is 0 Å². The lowest BCUT2D eigenvalue weighted by Crippen LogP contribution is -2.20. The average Bonchev–Trinajstić information content (AvgIpc) is 2.29. The van der Waals surface area contributed by atoms with Crippen molar-refractivity contribution in [3.05, 3.63) is 42.6 Å². The third-order valence-corrected chi connectivity index (χ3v) is 2.18. The van der Waals surface area contributed by atoms with Gasteiger partial charge in [0, 0.05) is 11.6 Å². The van der Waals surface area contributed by atoms with E-state index in [0.29, 0.717) is 11.4 Å². The van der Waals surface area contributed by atoms with Gasteiger partial charge in [-0.05, 0) is 0 Å². The first-order chi connectivity index (χ1) is 8.16. The Balaban J connectivity index is 2.32. The molecule has 0 atom stereocenters. The summed E-state index contributed by atoms with van der Waals surface area (Å²) < 4.78 is 4.65. The van der Waals surface area contributed by atoms with Crippen molar-refractivity contribution in [2.24, 2.45) is 0 Å². The van der Waals surface area contributed by atoms with E-state index < -0.39 is 7.32 Å². The minimum atomic E-state index is -1.88. The monoisotopic (exact) mass is 230 g/mol. The van der Waals surface area contributed by atoms with Crippen LogP contribution in [0.15, 0.2) is 42.6 Å². The first-order valence-corrected chi connectivity index (χ1v) is 5.00. The second-order valence-electron chi connectivity index (χ2n) is 3.42. The maximum absolute atomic E-state index is 8.65. The van der Waals surface area contributed by atoms with E-state index in [0.717, 1.165) is 5.56 Å². The number of anilines is 1. The SMILES string of the molecule is Nc1cc(OB(O)O)cnc1-c1ccccc1. The Morgan fingerprint density at radius 2 is 1.88 bits per heavy atom.